The van der Waals surface area contributed by atoms with Gasteiger partial charge in [-0.15, -0.1) is 0 Å². The monoisotopic (exact) mass is 248 g/mol. The number of nitrogens with zero attached hydrogens (tertiary/aromatic N) is 1. The van der Waals surface area contributed by atoms with E-state index in [0.29, 0.717) is 4.47 Å². The molecule has 0 saturated heterocycles. The van der Waals surface area contributed by atoms with Crippen molar-refractivity contribution in [3.63, 3.8) is 0 Å². The maximum atomic E-state index is 10.7. The molecule has 1 heterocycles. The van der Waals surface area contributed by atoms with Gasteiger partial charge in [0.25, 0.3) is 0 Å². The second kappa shape index (κ2) is 5.47. The van der Waals surface area contributed by atoms with Crippen LogP contribution in [0.2, 0.25) is 0 Å². The molecule has 5 nitrogen and oxygen atoms in total. The van der Waals surface area contributed by atoms with Crippen molar-refractivity contribution in [2.45, 2.75) is 13.8 Å². The minimum atomic E-state index is -0.733. The summed E-state index contributed by atoms with van der Waals surface area (Å²) in [7, 11) is 0. The summed E-state index contributed by atoms with van der Waals surface area (Å²) in [5.41, 5.74) is -1.16. The number of hydrogen-bond acceptors (Lipinski definition) is 3. The van der Waals surface area contributed by atoms with Crippen molar-refractivity contribution in [2.24, 2.45) is 0 Å². The van der Waals surface area contributed by atoms with Gasteiger partial charge in [0.15, 0.2) is 0 Å². The van der Waals surface area contributed by atoms with E-state index in [1.165, 1.54) is 6.20 Å². The summed E-state index contributed by atoms with van der Waals surface area (Å²) in [5.74, 6) is 0. The Balaban J connectivity index is 0.000000671. The molecule has 0 unspecified atom stereocenters. The number of aromatic nitrogens is 1. The fraction of sp³-hybridized carbons (Fsp3) is 0.286. The SMILES string of the molecule is CC.O=c1[nH]cc(Br)cc1[N+](=O)[O-]. The molecule has 0 radical (unpaired) electrons. The van der Waals surface area contributed by atoms with E-state index in [2.05, 4.69) is 20.9 Å². The topological polar surface area (TPSA) is 76.0 Å². The lowest BCUT2D eigenvalue weighted by Gasteiger charge is -1.89. The summed E-state index contributed by atoms with van der Waals surface area (Å²) >= 11 is 2.99. The second-order valence-corrected chi connectivity index (χ2v) is 2.71. The van der Waals surface area contributed by atoms with Crippen molar-refractivity contribution in [1.82, 2.24) is 4.98 Å². The number of H-pyrrole nitrogens is 1. The van der Waals surface area contributed by atoms with Crippen molar-refractivity contribution in [3.8, 4) is 0 Å². The molecule has 1 aromatic rings. The zero-order valence-electron chi connectivity index (χ0n) is 7.20. The number of halogens is 1. The molecule has 13 heavy (non-hydrogen) atoms. The summed E-state index contributed by atoms with van der Waals surface area (Å²) in [5, 5.41) is 10.1. The van der Waals surface area contributed by atoms with Gasteiger partial charge in [0.05, 0.1) is 4.92 Å². The van der Waals surface area contributed by atoms with Gasteiger partial charge in [0.1, 0.15) is 0 Å². The number of hydrogen-bond donors (Lipinski definition) is 1. The van der Waals surface area contributed by atoms with E-state index < -0.39 is 16.2 Å². The number of pyridine rings is 1. The van der Waals surface area contributed by atoms with Gasteiger partial charge in [0, 0.05) is 16.7 Å². The summed E-state index contributed by atoms with van der Waals surface area (Å²) in [6, 6.07) is 1.15. The third kappa shape index (κ3) is 3.37. The molecule has 0 saturated carbocycles. The van der Waals surface area contributed by atoms with Crippen LogP contribution in [0.15, 0.2) is 21.5 Å². The lowest BCUT2D eigenvalue weighted by Crippen LogP contribution is -2.09. The van der Waals surface area contributed by atoms with Gasteiger partial charge in [-0.1, -0.05) is 13.8 Å². The first-order valence-corrected chi connectivity index (χ1v) is 4.43. The average Bonchev–Trinajstić information content (AvgIpc) is 2.12. The Morgan fingerprint density at radius 2 is 2.08 bits per heavy atom. The smallest absolute Gasteiger partial charge is 0.322 e. The highest BCUT2D eigenvalue weighted by Gasteiger charge is 2.10. The predicted molar refractivity (Wildman–Crippen MR) is 52.8 cm³/mol. The second-order valence-electron chi connectivity index (χ2n) is 1.79. The van der Waals surface area contributed by atoms with Crippen molar-refractivity contribution < 1.29 is 4.92 Å². The zero-order chi connectivity index (χ0) is 10.4. The standard InChI is InChI=1S/C5H3BrN2O3.C2H6/c6-3-1-4(8(10)11)5(9)7-2-3;1-2/h1-2H,(H,7,9);1-2H3. The predicted octanol–water partition coefficient (Wildman–Crippen LogP) is 2.07. The molecule has 0 amide bonds. The summed E-state index contributed by atoms with van der Waals surface area (Å²) in [6.45, 7) is 4.00. The Hall–Kier alpha value is -1.17. The molecule has 0 atom stereocenters. The minimum absolute atomic E-state index is 0.459. The van der Waals surface area contributed by atoms with Gasteiger partial charge >= 0.3 is 11.2 Å². The van der Waals surface area contributed by atoms with Crippen LogP contribution in [0.5, 0.6) is 0 Å². The molecule has 72 valence electrons. The normalized spacial score (nSPS) is 8.54. The van der Waals surface area contributed by atoms with Crippen LogP contribution >= 0.6 is 15.9 Å². The van der Waals surface area contributed by atoms with Gasteiger partial charge in [-0.05, 0) is 15.9 Å². The molecule has 0 bridgehead atoms. The summed E-state index contributed by atoms with van der Waals surface area (Å²) < 4.78 is 0.476. The van der Waals surface area contributed by atoms with E-state index in [0.717, 1.165) is 6.07 Å². The number of nitrogens with one attached hydrogen (secondary N) is 1. The van der Waals surface area contributed by atoms with Crippen molar-refractivity contribution in [3.05, 3.63) is 37.2 Å². The van der Waals surface area contributed by atoms with E-state index in [-0.39, 0.29) is 0 Å². The Labute approximate surface area is 83.1 Å². The van der Waals surface area contributed by atoms with E-state index in [1.807, 2.05) is 13.8 Å². The molecular weight excluding hydrogens is 240 g/mol. The molecular formula is C7H9BrN2O3. The highest BCUT2D eigenvalue weighted by atomic mass is 79.9. The largest absolute Gasteiger partial charge is 0.334 e. The molecule has 1 aromatic heterocycles. The summed E-state index contributed by atoms with van der Waals surface area (Å²) in [4.78, 5) is 22.3. The van der Waals surface area contributed by atoms with Crippen molar-refractivity contribution in [2.75, 3.05) is 0 Å². The van der Waals surface area contributed by atoms with Gasteiger partial charge < -0.3 is 4.98 Å². The first kappa shape index (κ1) is 11.8. The highest BCUT2D eigenvalue weighted by Crippen LogP contribution is 2.11. The Morgan fingerprint density at radius 1 is 1.54 bits per heavy atom. The molecule has 1 N–H and O–H groups in total. The summed E-state index contributed by atoms with van der Waals surface area (Å²) in [6.07, 6.45) is 1.34. The maximum Gasteiger partial charge on any atom is 0.334 e. The molecule has 0 aliphatic carbocycles. The van der Waals surface area contributed by atoms with E-state index in [1.54, 1.807) is 0 Å². The van der Waals surface area contributed by atoms with Gasteiger partial charge in [0.2, 0.25) is 0 Å². The lowest BCUT2D eigenvalue weighted by molar-refractivity contribution is -0.386. The van der Waals surface area contributed by atoms with Crippen LogP contribution in [-0.2, 0) is 0 Å². The zero-order valence-corrected chi connectivity index (χ0v) is 8.79. The van der Waals surface area contributed by atoms with Gasteiger partial charge in [-0.2, -0.15) is 0 Å². The van der Waals surface area contributed by atoms with Crippen molar-refractivity contribution >= 4 is 21.6 Å². The van der Waals surface area contributed by atoms with Crippen molar-refractivity contribution in [1.29, 1.82) is 0 Å². The molecule has 6 heteroatoms. The Kier molecular flexibility index (Phi) is 4.98. The number of rotatable bonds is 1. The van der Waals surface area contributed by atoms with Crippen LogP contribution in [0, 0.1) is 10.1 Å². The third-order valence-corrected chi connectivity index (χ3v) is 1.50. The first-order chi connectivity index (χ1) is 6.11. The molecule has 0 aliphatic heterocycles. The van der Waals surface area contributed by atoms with E-state index >= 15 is 0 Å². The van der Waals surface area contributed by atoms with Crippen LogP contribution < -0.4 is 5.56 Å². The maximum absolute atomic E-state index is 10.7. The first-order valence-electron chi connectivity index (χ1n) is 3.64. The molecule has 0 spiro atoms. The Morgan fingerprint density at radius 3 is 2.46 bits per heavy atom. The van der Waals surface area contributed by atoms with Crippen LogP contribution in [0.4, 0.5) is 5.69 Å². The van der Waals surface area contributed by atoms with Crippen LogP contribution in [0.3, 0.4) is 0 Å². The lowest BCUT2D eigenvalue weighted by atomic mass is 10.4. The van der Waals surface area contributed by atoms with Crippen LogP contribution in [0.1, 0.15) is 13.8 Å². The molecule has 1 rings (SSSR count). The number of aromatic amines is 1. The number of nitro groups is 1. The quantitative estimate of drug-likeness (QED) is 0.611. The highest BCUT2D eigenvalue weighted by molar-refractivity contribution is 9.10. The fourth-order valence-corrected chi connectivity index (χ4v) is 0.913. The van der Waals surface area contributed by atoms with Crippen LogP contribution in [-0.4, -0.2) is 9.91 Å². The molecule has 0 fully saturated rings. The molecule has 0 aliphatic rings. The van der Waals surface area contributed by atoms with Gasteiger partial charge in [-0.25, -0.2) is 0 Å². The fourth-order valence-electron chi connectivity index (χ4n) is 0.582. The van der Waals surface area contributed by atoms with Gasteiger partial charge in [-0.3, -0.25) is 14.9 Å². The third-order valence-electron chi connectivity index (χ3n) is 1.05. The van der Waals surface area contributed by atoms with Crippen LogP contribution in [0.25, 0.3) is 0 Å². The molecule has 0 aromatic carbocycles. The van der Waals surface area contributed by atoms with E-state index in [9.17, 15) is 14.9 Å². The van der Waals surface area contributed by atoms with E-state index in [4.69, 9.17) is 0 Å². The average molecular weight is 249 g/mol. The minimum Gasteiger partial charge on any atom is -0.322 e. The Bertz CT molecular complexity index is 348.